The van der Waals surface area contributed by atoms with Crippen molar-refractivity contribution in [3.63, 3.8) is 0 Å². The van der Waals surface area contributed by atoms with Gasteiger partial charge in [0.15, 0.2) is 11.6 Å². The standard InChI is InChI=1S/C9H4ClF3N4O3.C8H4Cl2N4O3/c10-4-2(9(11,12)13)1-3-5(6(4)17(19)20)16-8(18)7(14)15-3;9-2-1-3-5(6(4(2)10)14(16)17)13-8(15)7(11)12-3/h1H,(H2,14,15)(H,16,18);1H,(H2,11,12)(H,13,15). The Morgan fingerprint density at radius 1 is 0.811 bits per heavy atom. The lowest BCUT2D eigenvalue weighted by atomic mass is 10.1. The van der Waals surface area contributed by atoms with Gasteiger partial charge in [-0.05, 0) is 12.1 Å². The van der Waals surface area contributed by atoms with E-state index in [4.69, 9.17) is 46.3 Å². The average molecular weight is 584 g/mol. The molecular weight excluding hydrogens is 576 g/mol. The maximum Gasteiger partial charge on any atom is 0.418 e. The Labute approximate surface area is 214 Å². The van der Waals surface area contributed by atoms with Crippen molar-refractivity contribution >= 4 is 79.9 Å². The molecule has 4 rings (SSSR count). The molecule has 37 heavy (non-hydrogen) atoms. The lowest BCUT2D eigenvalue weighted by Crippen LogP contribution is -2.16. The number of nitro groups is 2. The number of aromatic amines is 2. The van der Waals surface area contributed by atoms with E-state index in [9.17, 15) is 43.0 Å². The SMILES string of the molecule is Nc1nc2cc(C(F)(F)F)c(Cl)c([N+](=O)[O-])c2[nH]c1=O.Nc1nc2cc(Cl)c(Cl)c([N+](=O)[O-])c2[nH]c1=O. The maximum atomic E-state index is 12.8. The zero-order chi connectivity index (χ0) is 28.0. The molecule has 2 aromatic heterocycles. The van der Waals surface area contributed by atoms with E-state index >= 15 is 0 Å². The zero-order valence-corrected chi connectivity index (χ0v) is 19.6. The largest absolute Gasteiger partial charge is 0.418 e. The van der Waals surface area contributed by atoms with Gasteiger partial charge in [-0.2, -0.15) is 13.2 Å². The molecule has 0 amide bonds. The highest BCUT2D eigenvalue weighted by Gasteiger charge is 2.38. The summed E-state index contributed by atoms with van der Waals surface area (Å²) in [6.45, 7) is 0. The molecule has 0 bridgehead atoms. The fourth-order valence-electron chi connectivity index (χ4n) is 2.92. The summed E-state index contributed by atoms with van der Waals surface area (Å²) in [5, 5.41) is 20.3. The van der Waals surface area contributed by atoms with Gasteiger partial charge in [0.25, 0.3) is 11.1 Å². The van der Waals surface area contributed by atoms with E-state index in [1.807, 2.05) is 4.98 Å². The third-order valence-corrected chi connectivity index (χ3v) is 5.65. The van der Waals surface area contributed by atoms with Gasteiger partial charge in [-0.3, -0.25) is 29.8 Å². The molecule has 0 aliphatic carbocycles. The molecule has 0 spiro atoms. The van der Waals surface area contributed by atoms with Crippen LogP contribution in [0.3, 0.4) is 0 Å². The third-order valence-electron chi connectivity index (χ3n) is 4.49. The monoisotopic (exact) mass is 582 g/mol. The van der Waals surface area contributed by atoms with Crippen molar-refractivity contribution in [1.29, 1.82) is 0 Å². The minimum Gasteiger partial charge on any atom is -0.379 e. The number of nitrogens with two attached hydrogens (primary N) is 2. The molecule has 2 aromatic carbocycles. The number of hydrogen-bond acceptors (Lipinski definition) is 10. The lowest BCUT2D eigenvalue weighted by molar-refractivity contribution is -0.383. The first-order valence-electron chi connectivity index (χ1n) is 9.10. The van der Waals surface area contributed by atoms with Gasteiger partial charge < -0.3 is 21.4 Å². The number of nitro benzene ring substituents is 2. The van der Waals surface area contributed by atoms with Crippen molar-refractivity contribution in [2.24, 2.45) is 0 Å². The first-order chi connectivity index (χ1) is 17.0. The molecule has 0 aliphatic heterocycles. The van der Waals surface area contributed by atoms with Gasteiger partial charge >= 0.3 is 17.6 Å². The van der Waals surface area contributed by atoms with Gasteiger partial charge in [0.2, 0.25) is 0 Å². The summed E-state index contributed by atoms with van der Waals surface area (Å²) in [7, 11) is 0. The molecule has 0 unspecified atom stereocenters. The number of nitrogens with one attached hydrogen (secondary N) is 2. The molecule has 6 N–H and O–H groups in total. The van der Waals surface area contributed by atoms with Crippen molar-refractivity contribution in [1.82, 2.24) is 19.9 Å². The van der Waals surface area contributed by atoms with Crippen molar-refractivity contribution < 1.29 is 23.0 Å². The van der Waals surface area contributed by atoms with Crippen LogP contribution >= 0.6 is 34.8 Å². The molecule has 0 fully saturated rings. The highest BCUT2D eigenvalue weighted by molar-refractivity contribution is 6.44. The smallest absolute Gasteiger partial charge is 0.379 e. The highest BCUT2D eigenvalue weighted by Crippen LogP contribution is 2.42. The molecule has 0 saturated heterocycles. The van der Waals surface area contributed by atoms with Crippen LogP contribution in [0.5, 0.6) is 0 Å². The fraction of sp³-hybridized carbons (Fsp3) is 0.0588. The number of H-pyrrole nitrogens is 2. The number of hydrogen-bond donors (Lipinski definition) is 4. The summed E-state index contributed by atoms with van der Waals surface area (Å²) >= 11 is 16.8. The van der Waals surface area contributed by atoms with Crippen LogP contribution < -0.4 is 22.6 Å². The van der Waals surface area contributed by atoms with Crippen LogP contribution in [0, 0.1) is 20.2 Å². The highest BCUT2D eigenvalue weighted by atomic mass is 35.5. The summed E-state index contributed by atoms with van der Waals surface area (Å²) in [6.07, 6.45) is -4.91. The van der Waals surface area contributed by atoms with Gasteiger partial charge in [-0.15, -0.1) is 0 Å². The van der Waals surface area contributed by atoms with E-state index < -0.39 is 66.0 Å². The van der Waals surface area contributed by atoms with Crippen LogP contribution in [0.1, 0.15) is 5.56 Å². The second-order valence-electron chi connectivity index (χ2n) is 6.81. The van der Waals surface area contributed by atoms with Crippen LogP contribution in [0.2, 0.25) is 15.1 Å². The molecule has 194 valence electrons. The van der Waals surface area contributed by atoms with E-state index in [-0.39, 0.29) is 26.9 Å². The molecule has 2 heterocycles. The minimum atomic E-state index is -4.91. The van der Waals surface area contributed by atoms with Crippen LogP contribution in [0.4, 0.5) is 36.2 Å². The van der Waals surface area contributed by atoms with Crippen molar-refractivity contribution in [3.8, 4) is 0 Å². The Balaban J connectivity index is 0.000000208. The van der Waals surface area contributed by atoms with Crippen LogP contribution in [0.25, 0.3) is 22.1 Å². The van der Waals surface area contributed by atoms with E-state index in [1.165, 1.54) is 6.07 Å². The second kappa shape index (κ2) is 9.68. The minimum absolute atomic E-state index is 0.0372. The van der Waals surface area contributed by atoms with Gasteiger partial charge in [0.1, 0.15) is 21.1 Å². The zero-order valence-electron chi connectivity index (χ0n) is 17.3. The first kappa shape index (κ1) is 27.4. The summed E-state index contributed by atoms with van der Waals surface area (Å²) in [4.78, 5) is 53.8. The van der Waals surface area contributed by atoms with Gasteiger partial charge in [-0.25, -0.2) is 9.97 Å². The second-order valence-corrected chi connectivity index (χ2v) is 7.97. The summed E-state index contributed by atoms with van der Waals surface area (Å²) in [5.41, 5.74) is 4.76. The Bertz CT molecular complexity index is 1740. The molecule has 20 heteroatoms. The number of rotatable bonds is 2. The number of nitrogen functional groups attached to an aromatic ring is 2. The van der Waals surface area contributed by atoms with Gasteiger partial charge in [0, 0.05) is 0 Å². The normalized spacial score (nSPS) is 11.3. The van der Waals surface area contributed by atoms with Crippen LogP contribution in [-0.2, 0) is 6.18 Å². The fourth-order valence-corrected chi connectivity index (χ4v) is 3.65. The van der Waals surface area contributed by atoms with Gasteiger partial charge in [0.05, 0.1) is 31.5 Å². The summed E-state index contributed by atoms with van der Waals surface area (Å²) in [6, 6.07) is 1.77. The van der Waals surface area contributed by atoms with Crippen molar-refractivity contribution in [3.05, 3.63) is 73.7 Å². The van der Waals surface area contributed by atoms with E-state index in [0.29, 0.717) is 6.07 Å². The topological polar surface area (TPSA) is 230 Å². The lowest BCUT2D eigenvalue weighted by Gasteiger charge is -2.10. The van der Waals surface area contributed by atoms with E-state index in [1.54, 1.807) is 0 Å². The van der Waals surface area contributed by atoms with Crippen molar-refractivity contribution in [2.75, 3.05) is 11.5 Å². The Morgan fingerprint density at radius 2 is 1.22 bits per heavy atom. The Kier molecular flexibility index (Phi) is 7.16. The first-order valence-corrected chi connectivity index (χ1v) is 10.2. The molecule has 0 aliphatic rings. The summed E-state index contributed by atoms with van der Waals surface area (Å²) < 4.78 is 38.3. The van der Waals surface area contributed by atoms with E-state index in [0.717, 1.165) is 0 Å². The number of anilines is 2. The molecule has 4 aromatic rings. The summed E-state index contributed by atoms with van der Waals surface area (Å²) in [5.74, 6) is -0.910. The number of fused-ring (bicyclic) bond motifs is 2. The van der Waals surface area contributed by atoms with Crippen molar-refractivity contribution in [2.45, 2.75) is 6.18 Å². The van der Waals surface area contributed by atoms with Crippen LogP contribution in [0.15, 0.2) is 21.7 Å². The van der Waals surface area contributed by atoms with E-state index in [2.05, 4.69) is 15.0 Å². The van der Waals surface area contributed by atoms with Gasteiger partial charge in [-0.1, -0.05) is 34.8 Å². The molecular formula is C17H8Cl3F3N8O6. The third kappa shape index (κ3) is 5.18. The number of halogens is 6. The molecule has 0 atom stereocenters. The molecule has 14 nitrogen and oxygen atoms in total. The van der Waals surface area contributed by atoms with Crippen LogP contribution in [-0.4, -0.2) is 29.8 Å². The Hall–Kier alpha value is -4.22. The number of aromatic nitrogens is 4. The Morgan fingerprint density at radius 3 is 1.62 bits per heavy atom. The quantitative estimate of drug-likeness (QED) is 0.197. The molecule has 0 radical (unpaired) electrons. The maximum absolute atomic E-state index is 12.8. The number of nitrogens with zero attached hydrogens (tertiary/aromatic N) is 4. The molecule has 0 saturated carbocycles. The number of alkyl halides is 3. The average Bonchev–Trinajstić information content (AvgIpc) is 2.76. The predicted molar refractivity (Wildman–Crippen MR) is 127 cm³/mol. The predicted octanol–water partition coefficient (Wildman–Crippen LogP) is 3.81. The number of benzene rings is 2.